The second kappa shape index (κ2) is 20.9. The lowest BCUT2D eigenvalue weighted by molar-refractivity contribution is -0.187. The molecule has 6 aromatic carbocycles. The maximum atomic E-state index is 14.7. The van der Waals surface area contributed by atoms with E-state index in [0.29, 0.717) is 48.7 Å². The van der Waals surface area contributed by atoms with Gasteiger partial charge in [0.15, 0.2) is 0 Å². The summed E-state index contributed by atoms with van der Waals surface area (Å²) in [5, 5.41) is 21.4. The van der Waals surface area contributed by atoms with Crippen LogP contribution in [0.4, 0.5) is 0 Å². The average molecular weight is 831 g/mol. The number of amides is 2. The fourth-order valence-electron chi connectivity index (χ4n) is 8.19. The van der Waals surface area contributed by atoms with Crippen molar-refractivity contribution in [3.63, 3.8) is 0 Å². The van der Waals surface area contributed by atoms with Crippen molar-refractivity contribution in [1.29, 1.82) is 0 Å². The van der Waals surface area contributed by atoms with Crippen molar-refractivity contribution < 1.29 is 38.9 Å². The van der Waals surface area contributed by atoms with E-state index in [1.165, 1.54) is 0 Å². The van der Waals surface area contributed by atoms with Crippen molar-refractivity contribution in [2.24, 2.45) is 23.7 Å². The van der Waals surface area contributed by atoms with Crippen LogP contribution in [-0.4, -0.2) is 56.9 Å². The Labute approximate surface area is 362 Å². The molecule has 0 heterocycles. The van der Waals surface area contributed by atoms with Crippen LogP contribution >= 0.6 is 0 Å². The highest BCUT2D eigenvalue weighted by Crippen LogP contribution is 2.49. The summed E-state index contributed by atoms with van der Waals surface area (Å²) in [7, 11) is 0. The van der Waals surface area contributed by atoms with Crippen LogP contribution in [0, 0.1) is 23.7 Å². The second-order valence-corrected chi connectivity index (χ2v) is 15.6. The number of carbonyl (C=O) groups excluding carboxylic acids is 2. The number of para-hydroxylation sites is 2. The Bertz CT molecular complexity index is 2200. The Morgan fingerprint density at radius 2 is 0.694 bits per heavy atom. The van der Waals surface area contributed by atoms with Gasteiger partial charge in [0.25, 0.3) is 0 Å². The summed E-state index contributed by atoms with van der Waals surface area (Å²) >= 11 is 0. The molecule has 1 fully saturated rings. The molecule has 0 atom stereocenters. The molecule has 7 rings (SSSR count). The molecule has 62 heavy (non-hydrogen) atoms. The van der Waals surface area contributed by atoms with Gasteiger partial charge in [0.2, 0.25) is 11.8 Å². The number of aryl methyl sites for hydroxylation is 2. The predicted octanol–water partition coefficient (Wildman–Crippen LogP) is 9.54. The van der Waals surface area contributed by atoms with Crippen LogP contribution in [0.1, 0.15) is 35.1 Å². The molecule has 0 saturated heterocycles. The first-order valence-electron chi connectivity index (χ1n) is 21.0. The molecule has 1 aliphatic rings. The summed E-state index contributed by atoms with van der Waals surface area (Å²) in [4.78, 5) is 58.7. The Morgan fingerprint density at radius 3 is 1.02 bits per heavy atom. The number of carboxylic acid groups (broad SMARTS) is 2. The van der Waals surface area contributed by atoms with E-state index >= 15 is 0 Å². The van der Waals surface area contributed by atoms with E-state index in [9.17, 15) is 29.4 Å². The molecule has 10 heteroatoms. The van der Waals surface area contributed by atoms with E-state index in [2.05, 4.69) is 0 Å². The maximum Gasteiger partial charge on any atom is 0.308 e. The lowest BCUT2D eigenvalue weighted by atomic mass is 9.55. The summed E-state index contributed by atoms with van der Waals surface area (Å²) in [6, 6.07) is 52.8. The predicted molar refractivity (Wildman–Crippen MR) is 236 cm³/mol. The normalized spacial score (nSPS) is 16.6. The molecule has 316 valence electrons. The first kappa shape index (κ1) is 42.9. The number of nitrogens with zero attached hydrogens (tertiary/aromatic N) is 2. The highest BCUT2D eigenvalue weighted by Gasteiger charge is 2.64. The monoisotopic (exact) mass is 830 g/mol. The second-order valence-electron chi connectivity index (χ2n) is 15.6. The number of carboxylic acids is 2. The van der Waals surface area contributed by atoms with Crippen molar-refractivity contribution in [2.45, 2.75) is 38.8 Å². The molecule has 1 aliphatic carbocycles. The number of benzene rings is 6. The van der Waals surface area contributed by atoms with Gasteiger partial charge in [-0.05, 0) is 96.5 Å². The third-order valence-electron chi connectivity index (χ3n) is 11.3. The number of hydrogen-bond donors (Lipinski definition) is 2. The van der Waals surface area contributed by atoms with Gasteiger partial charge >= 0.3 is 11.9 Å². The lowest BCUT2D eigenvalue weighted by Gasteiger charge is -2.48. The van der Waals surface area contributed by atoms with Crippen molar-refractivity contribution in [2.75, 3.05) is 13.1 Å². The zero-order chi connectivity index (χ0) is 43.3. The minimum atomic E-state index is -1.53. The quantitative estimate of drug-likeness (QED) is 0.0778. The fourth-order valence-corrected chi connectivity index (χ4v) is 8.19. The average Bonchev–Trinajstić information content (AvgIpc) is 3.27. The molecule has 0 unspecified atom stereocenters. The van der Waals surface area contributed by atoms with E-state index < -0.39 is 47.4 Å². The Balaban J connectivity index is 1.12. The molecule has 0 radical (unpaired) electrons. The van der Waals surface area contributed by atoms with Crippen LogP contribution in [-0.2, 0) is 45.1 Å². The SMILES string of the molecule is O=C(O)[C@H]1[C@H](C(=O)N(CCCc2ccccc2)Cc2ccc(Oc3ccccc3)cc2)[C@H](C(=O)O)[C@H]1C(=O)N(CCCc1ccccc1)Cc1ccc(Oc2ccccc2)cc1. The maximum absolute atomic E-state index is 14.7. The third kappa shape index (κ3) is 11.1. The molecule has 2 N–H and O–H groups in total. The van der Waals surface area contributed by atoms with Crippen LogP contribution in [0.5, 0.6) is 23.0 Å². The Hall–Kier alpha value is -7.20. The number of rotatable bonds is 20. The van der Waals surface area contributed by atoms with Crippen LogP contribution in [0.25, 0.3) is 0 Å². The smallest absolute Gasteiger partial charge is 0.308 e. The summed E-state index contributed by atoms with van der Waals surface area (Å²) in [5.41, 5.74) is 3.67. The van der Waals surface area contributed by atoms with Gasteiger partial charge in [0, 0.05) is 26.2 Å². The molecule has 0 aliphatic heterocycles. The zero-order valence-electron chi connectivity index (χ0n) is 34.4. The molecule has 1 saturated carbocycles. The van der Waals surface area contributed by atoms with Crippen molar-refractivity contribution in [3.05, 3.63) is 192 Å². The van der Waals surface area contributed by atoms with E-state index in [1.54, 1.807) is 34.1 Å². The van der Waals surface area contributed by atoms with Crippen molar-refractivity contribution in [1.82, 2.24) is 9.80 Å². The van der Waals surface area contributed by atoms with Crippen LogP contribution < -0.4 is 9.47 Å². The standard InChI is InChI=1S/C52H50N2O8/c55-49(53(33-13-19-37-15-5-1-6-16-37)35-39-25-29-43(30-26-39)61-41-21-9-3-10-22-41)45-47(51(57)58)46(48(45)52(59)60)50(56)54(34-14-20-38-17-7-2-8-18-38)36-40-27-31-44(32-28-40)62-42-23-11-4-12-24-42/h1-12,15-18,21-32,45-48H,13-14,19-20,33-36H2,(H,57,58)(H,59,60)/t45-,46-,47-,48-. The van der Waals surface area contributed by atoms with Gasteiger partial charge in [0.05, 0.1) is 23.7 Å². The number of aliphatic carboxylic acids is 2. The lowest BCUT2D eigenvalue weighted by Crippen LogP contribution is -2.64. The van der Waals surface area contributed by atoms with Gasteiger partial charge in [-0.2, -0.15) is 0 Å². The van der Waals surface area contributed by atoms with Crippen LogP contribution in [0.15, 0.2) is 170 Å². The molecule has 10 nitrogen and oxygen atoms in total. The molecule has 0 aromatic heterocycles. The topological polar surface area (TPSA) is 134 Å². The number of hydrogen-bond acceptors (Lipinski definition) is 6. The molecular weight excluding hydrogens is 781 g/mol. The zero-order valence-corrected chi connectivity index (χ0v) is 34.4. The van der Waals surface area contributed by atoms with Crippen LogP contribution in [0.3, 0.4) is 0 Å². The van der Waals surface area contributed by atoms with Gasteiger partial charge in [-0.15, -0.1) is 0 Å². The number of carbonyl (C=O) groups is 4. The number of ether oxygens (including phenoxy) is 2. The highest BCUT2D eigenvalue weighted by atomic mass is 16.5. The van der Waals surface area contributed by atoms with E-state index in [-0.39, 0.29) is 26.2 Å². The molecule has 0 bridgehead atoms. The van der Waals surface area contributed by atoms with E-state index in [0.717, 1.165) is 22.3 Å². The van der Waals surface area contributed by atoms with E-state index in [1.807, 2.05) is 146 Å². The van der Waals surface area contributed by atoms with Crippen molar-refractivity contribution >= 4 is 23.8 Å². The summed E-state index contributed by atoms with van der Waals surface area (Å²) in [6.07, 6.45) is 2.42. The summed E-state index contributed by atoms with van der Waals surface area (Å²) < 4.78 is 11.9. The van der Waals surface area contributed by atoms with Gasteiger partial charge in [0.1, 0.15) is 23.0 Å². The molecular formula is C52H50N2O8. The third-order valence-corrected chi connectivity index (χ3v) is 11.3. The highest BCUT2D eigenvalue weighted by molar-refractivity contribution is 5.99. The summed E-state index contributed by atoms with van der Waals surface area (Å²) in [6.45, 7) is 0.726. The first-order chi connectivity index (χ1) is 30.2. The first-order valence-corrected chi connectivity index (χ1v) is 21.0. The Morgan fingerprint density at radius 1 is 0.387 bits per heavy atom. The minimum Gasteiger partial charge on any atom is -0.481 e. The van der Waals surface area contributed by atoms with E-state index in [4.69, 9.17) is 9.47 Å². The largest absolute Gasteiger partial charge is 0.481 e. The Kier molecular flexibility index (Phi) is 14.4. The molecule has 2 amide bonds. The fraction of sp³-hybridized carbons (Fsp3) is 0.231. The van der Waals surface area contributed by atoms with Gasteiger partial charge < -0.3 is 29.5 Å². The summed E-state index contributed by atoms with van der Waals surface area (Å²) in [5.74, 6) is -7.37. The van der Waals surface area contributed by atoms with Gasteiger partial charge in [-0.1, -0.05) is 121 Å². The molecule has 0 spiro atoms. The molecule has 6 aromatic rings. The van der Waals surface area contributed by atoms with Crippen LogP contribution in [0.2, 0.25) is 0 Å². The van der Waals surface area contributed by atoms with Gasteiger partial charge in [-0.3, -0.25) is 19.2 Å². The van der Waals surface area contributed by atoms with Gasteiger partial charge in [-0.25, -0.2) is 0 Å². The minimum absolute atomic E-state index is 0.114. The van der Waals surface area contributed by atoms with Crippen molar-refractivity contribution in [3.8, 4) is 23.0 Å².